The number of thiophene rings is 1. The van der Waals surface area contributed by atoms with Crippen LogP contribution in [0.5, 0.6) is 0 Å². The van der Waals surface area contributed by atoms with E-state index in [2.05, 4.69) is 23.7 Å². The van der Waals surface area contributed by atoms with E-state index in [-0.39, 0.29) is 6.04 Å². The highest BCUT2D eigenvalue weighted by atomic mass is 32.1. The monoisotopic (exact) mass is 309 g/mol. The van der Waals surface area contributed by atoms with Crippen LogP contribution in [0.3, 0.4) is 0 Å². The molecule has 1 nitrogen and oxygen atoms in total. The quantitative estimate of drug-likeness (QED) is 0.753. The third kappa shape index (κ3) is 4.90. The fourth-order valence-corrected chi connectivity index (χ4v) is 3.09. The molecule has 21 heavy (non-hydrogen) atoms. The maximum absolute atomic E-state index is 13.8. The van der Waals surface area contributed by atoms with Crippen LogP contribution in [0.2, 0.25) is 0 Å². The van der Waals surface area contributed by atoms with Crippen molar-refractivity contribution in [2.45, 2.75) is 38.6 Å². The standard InChI is InChI=1S/C17H21F2NS/c1-2-10-20-14(8-9-15-6-4-11-21-15)12-13-5-3-7-16(18)17(13)19/h3-7,11,14,20H,2,8-10,12H2,1H3. The van der Waals surface area contributed by atoms with Crippen LogP contribution < -0.4 is 5.32 Å². The van der Waals surface area contributed by atoms with Gasteiger partial charge in [0.2, 0.25) is 0 Å². The number of aryl methyl sites for hydroxylation is 1. The fourth-order valence-electron chi connectivity index (χ4n) is 2.37. The molecule has 1 aromatic heterocycles. The van der Waals surface area contributed by atoms with Gasteiger partial charge in [-0.2, -0.15) is 0 Å². The van der Waals surface area contributed by atoms with E-state index in [9.17, 15) is 8.78 Å². The Morgan fingerprint density at radius 2 is 2.05 bits per heavy atom. The van der Waals surface area contributed by atoms with Gasteiger partial charge in [-0.05, 0) is 55.3 Å². The number of hydrogen-bond acceptors (Lipinski definition) is 2. The molecule has 0 amide bonds. The second-order valence-electron chi connectivity index (χ2n) is 5.19. The van der Waals surface area contributed by atoms with Gasteiger partial charge >= 0.3 is 0 Å². The second kappa shape index (κ2) is 8.25. The average molecular weight is 309 g/mol. The summed E-state index contributed by atoms with van der Waals surface area (Å²) < 4.78 is 27.1. The van der Waals surface area contributed by atoms with Gasteiger partial charge in [0.05, 0.1) is 0 Å². The average Bonchev–Trinajstić information content (AvgIpc) is 2.99. The van der Waals surface area contributed by atoms with E-state index in [0.717, 1.165) is 25.8 Å². The van der Waals surface area contributed by atoms with Crippen LogP contribution in [0.15, 0.2) is 35.7 Å². The maximum atomic E-state index is 13.8. The van der Waals surface area contributed by atoms with Crippen LogP contribution in [0.25, 0.3) is 0 Å². The Labute approximate surface area is 129 Å². The molecule has 0 spiro atoms. The fraction of sp³-hybridized carbons (Fsp3) is 0.412. The number of benzene rings is 1. The van der Waals surface area contributed by atoms with Crippen molar-refractivity contribution in [3.05, 3.63) is 57.8 Å². The van der Waals surface area contributed by atoms with E-state index in [0.29, 0.717) is 12.0 Å². The molecule has 1 atom stereocenters. The normalized spacial score (nSPS) is 12.5. The molecule has 0 aliphatic rings. The van der Waals surface area contributed by atoms with Crippen LogP contribution >= 0.6 is 11.3 Å². The first-order valence-corrected chi connectivity index (χ1v) is 8.27. The predicted molar refractivity (Wildman–Crippen MR) is 84.8 cm³/mol. The number of rotatable bonds is 8. The van der Waals surface area contributed by atoms with E-state index < -0.39 is 11.6 Å². The van der Waals surface area contributed by atoms with Gasteiger partial charge < -0.3 is 5.32 Å². The summed E-state index contributed by atoms with van der Waals surface area (Å²) in [7, 11) is 0. The maximum Gasteiger partial charge on any atom is 0.162 e. The molecular formula is C17H21F2NS. The molecule has 0 radical (unpaired) electrons. The first kappa shape index (κ1) is 16.1. The molecule has 1 aromatic carbocycles. The summed E-state index contributed by atoms with van der Waals surface area (Å²) in [4.78, 5) is 1.33. The minimum Gasteiger partial charge on any atom is -0.314 e. The molecule has 1 N–H and O–H groups in total. The Morgan fingerprint density at radius 1 is 1.19 bits per heavy atom. The summed E-state index contributed by atoms with van der Waals surface area (Å²) in [5, 5.41) is 5.51. The third-order valence-electron chi connectivity index (χ3n) is 3.50. The third-order valence-corrected chi connectivity index (χ3v) is 4.44. The Bertz CT molecular complexity index is 540. The Balaban J connectivity index is 1.99. The highest BCUT2D eigenvalue weighted by Gasteiger charge is 2.14. The molecule has 0 aliphatic heterocycles. The summed E-state index contributed by atoms with van der Waals surface area (Å²) in [6, 6.07) is 8.74. The summed E-state index contributed by atoms with van der Waals surface area (Å²) in [6.07, 6.45) is 3.45. The van der Waals surface area contributed by atoms with Crippen molar-refractivity contribution in [2.75, 3.05) is 6.54 Å². The SMILES string of the molecule is CCCNC(CCc1cccs1)Cc1cccc(F)c1F. The van der Waals surface area contributed by atoms with Crippen molar-refractivity contribution >= 4 is 11.3 Å². The molecule has 114 valence electrons. The molecular weight excluding hydrogens is 288 g/mol. The molecule has 0 saturated carbocycles. The second-order valence-corrected chi connectivity index (χ2v) is 6.22. The largest absolute Gasteiger partial charge is 0.314 e. The van der Waals surface area contributed by atoms with Gasteiger partial charge in [0.1, 0.15) is 0 Å². The zero-order valence-electron chi connectivity index (χ0n) is 12.2. The van der Waals surface area contributed by atoms with Crippen molar-refractivity contribution in [1.82, 2.24) is 5.32 Å². The van der Waals surface area contributed by atoms with Gasteiger partial charge in [-0.1, -0.05) is 25.1 Å². The molecule has 2 rings (SSSR count). The Kier molecular flexibility index (Phi) is 6.33. The van der Waals surface area contributed by atoms with Gasteiger partial charge in [0.25, 0.3) is 0 Å². The topological polar surface area (TPSA) is 12.0 Å². The number of hydrogen-bond donors (Lipinski definition) is 1. The first-order chi connectivity index (χ1) is 10.2. The molecule has 0 saturated heterocycles. The number of nitrogens with one attached hydrogen (secondary N) is 1. The van der Waals surface area contributed by atoms with Crippen LogP contribution in [-0.4, -0.2) is 12.6 Å². The van der Waals surface area contributed by atoms with Crippen LogP contribution in [-0.2, 0) is 12.8 Å². The van der Waals surface area contributed by atoms with Gasteiger partial charge in [-0.3, -0.25) is 0 Å². The van der Waals surface area contributed by atoms with Gasteiger partial charge in [-0.25, -0.2) is 8.78 Å². The molecule has 0 aliphatic carbocycles. The highest BCUT2D eigenvalue weighted by Crippen LogP contribution is 2.17. The minimum atomic E-state index is -0.764. The van der Waals surface area contributed by atoms with Crippen LogP contribution in [0.4, 0.5) is 8.78 Å². The highest BCUT2D eigenvalue weighted by molar-refractivity contribution is 7.09. The van der Waals surface area contributed by atoms with Gasteiger partial charge in [-0.15, -0.1) is 11.3 Å². The summed E-state index contributed by atoms with van der Waals surface area (Å²) in [5.41, 5.74) is 0.454. The van der Waals surface area contributed by atoms with Crippen LogP contribution in [0, 0.1) is 11.6 Å². The lowest BCUT2D eigenvalue weighted by atomic mass is 10.0. The van der Waals surface area contributed by atoms with Crippen molar-refractivity contribution < 1.29 is 8.78 Å². The van der Waals surface area contributed by atoms with Crippen molar-refractivity contribution in [2.24, 2.45) is 0 Å². The zero-order chi connectivity index (χ0) is 15.1. The van der Waals surface area contributed by atoms with E-state index in [1.165, 1.54) is 10.9 Å². The predicted octanol–water partition coefficient (Wildman–Crippen LogP) is 4.57. The van der Waals surface area contributed by atoms with Gasteiger partial charge in [0, 0.05) is 10.9 Å². The molecule has 2 aromatic rings. The Morgan fingerprint density at radius 3 is 2.76 bits per heavy atom. The van der Waals surface area contributed by atoms with E-state index >= 15 is 0 Å². The molecule has 1 heterocycles. The van der Waals surface area contributed by atoms with Crippen molar-refractivity contribution in [3.63, 3.8) is 0 Å². The lowest BCUT2D eigenvalue weighted by Gasteiger charge is -2.19. The van der Waals surface area contributed by atoms with Crippen molar-refractivity contribution in [3.8, 4) is 0 Å². The van der Waals surface area contributed by atoms with Crippen LogP contribution in [0.1, 0.15) is 30.2 Å². The van der Waals surface area contributed by atoms with Crippen molar-refractivity contribution in [1.29, 1.82) is 0 Å². The summed E-state index contributed by atoms with van der Waals surface area (Å²) in [6.45, 7) is 3.00. The first-order valence-electron chi connectivity index (χ1n) is 7.39. The smallest absolute Gasteiger partial charge is 0.162 e. The van der Waals surface area contributed by atoms with E-state index in [1.54, 1.807) is 23.5 Å². The number of halogens is 2. The summed E-state index contributed by atoms with van der Waals surface area (Å²) >= 11 is 1.74. The molecule has 4 heteroatoms. The molecule has 0 bridgehead atoms. The Hall–Kier alpha value is -1.26. The lowest BCUT2D eigenvalue weighted by Crippen LogP contribution is -2.32. The van der Waals surface area contributed by atoms with E-state index in [1.807, 2.05) is 6.07 Å². The van der Waals surface area contributed by atoms with Gasteiger partial charge in [0.15, 0.2) is 11.6 Å². The molecule has 1 unspecified atom stereocenters. The minimum absolute atomic E-state index is 0.170. The lowest BCUT2D eigenvalue weighted by molar-refractivity contribution is 0.454. The zero-order valence-corrected chi connectivity index (χ0v) is 13.1. The van der Waals surface area contributed by atoms with E-state index in [4.69, 9.17) is 0 Å². The molecule has 0 fully saturated rings. The summed E-state index contributed by atoms with van der Waals surface area (Å²) in [5.74, 6) is -1.48.